The van der Waals surface area contributed by atoms with Gasteiger partial charge in [0.25, 0.3) is 0 Å². The van der Waals surface area contributed by atoms with E-state index in [2.05, 4.69) is 11.1 Å². The second-order valence-electron chi connectivity index (χ2n) is 2.87. The number of benzene rings is 1. The Morgan fingerprint density at radius 3 is 2.43 bits per heavy atom. The number of carbonyl (C=O) groups excluding carboxylic acids is 1. The third kappa shape index (κ3) is 2.05. The van der Waals surface area contributed by atoms with E-state index in [1.54, 1.807) is 24.3 Å². The van der Waals surface area contributed by atoms with Gasteiger partial charge in [-0.15, -0.1) is 6.42 Å². The molecule has 0 aliphatic carbocycles. The number of Topliss-reactive ketones (excluding diaryl/α,β-unsaturated/α-hetero) is 1. The molecule has 14 heavy (non-hydrogen) atoms. The van der Waals surface area contributed by atoms with Crippen molar-refractivity contribution in [3.05, 3.63) is 40.3 Å². The first-order valence-corrected chi connectivity index (χ1v) is 4.12. The predicted octanol–water partition coefficient (Wildman–Crippen LogP) is 2.01. The summed E-state index contributed by atoms with van der Waals surface area (Å²) in [5.74, 6) is 2.15. The minimum absolute atomic E-state index is 0.288. The van der Waals surface area contributed by atoms with E-state index in [1.807, 2.05) is 0 Å². The van der Waals surface area contributed by atoms with Crippen molar-refractivity contribution in [2.45, 2.75) is 13.0 Å². The molecule has 0 N–H and O–H groups in total. The molecule has 0 saturated heterocycles. The van der Waals surface area contributed by atoms with Gasteiger partial charge in [-0.1, -0.05) is 23.2 Å². The average molecular weight is 187 g/mol. The zero-order valence-corrected chi connectivity index (χ0v) is 7.73. The summed E-state index contributed by atoms with van der Waals surface area (Å²) in [5, 5.41) is 2.67. The topological polar surface area (TPSA) is 46.5 Å². The molecule has 3 heteroatoms. The molecule has 0 aliphatic heterocycles. The van der Waals surface area contributed by atoms with Gasteiger partial charge in [-0.25, -0.2) is 0 Å². The molecule has 0 amide bonds. The van der Waals surface area contributed by atoms with E-state index in [0.717, 1.165) is 0 Å². The lowest BCUT2D eigenvalue weighted by molar-refractivity contribution is 0.0968. The Balaban J connectivity index is 2.93. The molecule has 0 spiro atoms. The van der Waals surface area contributed by atoms with Crippen LogP contribution in [0.1, 0.15) is 22.8 Å². The molecule has 0 fully saturated rings. The Labute approximate surface area is 82.1 Å². The van der Waals surface area contributed by atoms with Crippen LogP contribution in [-0.4, -0.2) is 11.8 Å². The number of terminal acetylenes is 1. The fourth-order valence-electron chi connectivity index (χ4n) is 1.02. The van der Waals surface area contributed by atoms with Gasteiger partial charge in [0, 0.05) is 11.1 Å². The minimum Gasteiger partial charge on any atom is -0.292 e. The second kappa shape index (κ2) is 4.33. The second-order valence-corrected chi connectivity index (χ2v) is 2.87. The first-order chi connectivity index (χ1) is 6.69. The molecule has 70 valence electrons. The lowest BCUT2D eigenvalue weighted by atomic mass is 10.0. The van der Waals surface area contributed by atoms with E-state index in [1.165, 1.54) is 6.92 Å². The van der Waals surface area contributed by atoms with E-state index >= 15 is 0 Å². The summed E-state index contributed by atoms with van der Waals surface area (Å²) in [6.45, 7) is 1.46. The minimum atomic E-state index is -0.841. The molecule has 3 nitrogen and oxygen atoms in total. The van der Waals surface area contributed by atoms with Gasteiger partial charge >= 0.3 is 0 Å². The summed E-state index contributed by atoms with van der Waals surface area (Å²) in [6.07, 6.45) is 5.16. The fraction of sp³-hybridized carbons (Fsp3) is 0.182. The van der Waals surface area contributed by atoms with Crippen molar-refractivity contribution in [1.29, 1.82) is 0 Å². The highest BCUT2D eigenvalue weighted by atomic mass is 16.3. The molecule has 1 aromatic carbocycles. The van der Waals surface area contributed by atoms with Crippen molar-refractivity contribution in [3.63, 3.8) is 0 Å². The van der Waals surface area contributed by atoms with Crippen molar-refractivity contribution < 1.29 is 4.79 Å². The monoisotopic (exact) mass is 187 g/mol. The summed E-state index contributed by atoms with van der Waals surface area (Å²) >= 11 is 0. The first-order valence-electron chi connectivity index (χ1n) is 4.12. The highest BCUT2D eigenvalue weighted by Crippen LogP contribution is 2.07. The van der Waals surface area contributed by atoms with Gasteiger partial charge in [-0.3, -0.25) is 4.79 Å². The van der Waals surface area contributed by atoms with Gasteiger partial charge in [0.15, 0.2) is 11.8 Å². The quantitative estimate of drug-likeness (QED) is 0.412. The zero-order valence-electron chi connectivity index (χ0n) is 7.73. The highest BCUT2D eigenvalue weighted by molar-refractivity contribution is 5.99. The maximum Gasteiger partial charge on any atom is 0.190 e. The van der Waals surface area contributed by atoms with Crippen LogP contribution in [0.25, 0.3) is 0 Å². The Hall–Kier alpha value is -1.95. The van der Waals surface area contributed by atoms with Crippen LogP contribution in [0, 0.1) is 17.3 Å². The maximum atomic E-state index is 11.4. The summed E-state index contributed by atoms with van der Waals surface area (Å²) in [6, 6.07) is 5.67. The lowest BCUT2D eigenvalue weighted by Gasteiger charge is -2.01. The van der Waals surface area contributed by atoms with E-state index < -0.39 is 6.04 Å². The van der Waals surface area contributed by atoms with Crippen LogP contribution >= 0.6 is 0 Å². The Morgan fingerprint density at radius 2 is 2.00 bits per heavy atom. The average Bonchev–Trinajstić information content (AvgIpc) is 2.27. The first kappa shape index (κ1) is 10.1. The van der Waals surface area contributed by atoms with E-state index in [-0.39, 0.29) is 5.78 Å². The van der Waals surface area contributed by atoms with Crippen molar-refractivity contribution in [1.82, 2.24) is 0 Å². The largest absolute Gasteiger partial charge is 0.292 e. The van der Waals surface area contributed by atoms with Crippen LogP contribution in [0.15, 0.2) is 29.4 Å². The molecular weight excluding hydrogens is 178 g/mol. The number of carbonyl (C=O) groups is 1. The third-order valence-electron chi connectivity index (χ3n) is 1.87. The van der Waals surface area contributed by atoms with Crippen LogP contribution in [0.2, 0.25) is 0 Å². The molecule has 0 heterocycles. The highest BCUT2D eigenvalue weighted by Gasteiger charge is 2.14. The van der Waals surface area contributed by atoms with Crippen LogP contribution in [0.5, 0.6) is 0 Å². The number of nitrogens with zero attached hydrogens (tertiary/aromatic N) is 1. The fourth-order valence-corrected chi connectivity index (χ4v) is 1.02. The summed E-state index contributed by atoms with van der Waals surface area (Å²) in [4.78, 5) is 21.6. The number of hydrogen-bond donors (Lipinski definition) is 0. The van der Waals surface area contributed by atoms with Gasteiger partial charge in [-0.2, -0.15) is 4.91 Å². The predicted molar refractivity (Wildman–Crippen MR) is 54.0 cm³/mol. The van der Waals surface area contributed by atoms with Crippen LogP contribution in [-0.2, 0) is 0 Å². The van der Waals surface area contributed by atoms with Gasteiger partial charge in [0.05, 0.1) is 0 Å². The normalized spacial score (nSPS) is 11.4. The molecule has 1 aromatic rings. The molecule has 1 rings (SSSR count). The van der Waals surface area contributed by atoms with Crippen LogP contribution in [0.3, 0.4) is 0 Å². The SMILES string of the molecule is C#Cc1ccc(C(=O)C(C)N=O)cc1. The van der Waals surface area contributed by atoms with E-state index in [9.17, 15) is 9.70 Å². The van der Waals surface area contributed by atoms with Gasteiger partial charge < -0.3 is 0 Å². The van der Waals surface area contributed by atoms with Crippen LogP contribution in [0.4, 0.5) is 0 Å². The van der Waals surface area contributed by atoms with Gasteiger partial charge in [0.1, 0.15) is 0 Å². The number of rotatable bonds is 3. The smallest absolute Gasteiger partial charge is 0.190 e. The lowest BCUT2D eigenvalue weighted by Crippen LogP contribution is -2.13. The molecule has 0 saturated carbocycles. The van der Waals surface area contributed by atoms with Crippen LogP contribution < -0.4 is 0 Å². The molecule has 0 radical (unpaired) electrons. The number of nitroso groups, excluding NO2 is 1. The van der Waals surface area contributed by atoms with Crippen molar-refractivity contribution in [2.24, 2.45) is 5.18 Å². The summed E-state index contributed by atoms with van der Waals surface area (Å²) in [5.41, 5.74) is 1.16. The summed E-state index contributed by atoms with van der Waals surface area (Å²) in [7, 11) is 0. The Bertz CT molecular complexity index is 387. The van der Waals surface area contributed by atoms with Crippen molar-refractivity contribution >= 4 is 5.78 Å². The number of hydrogen-bond acceptors (Lipinski definition) is 3. The van der Waals surface area contributed by atoms with E-state index in [0.29, 0.717) is 11.1 Å². The molecular formula is C11H9NO2. The Kier molecular flexibility index (Phi) is 3.14. The molecule has 1 unspecified atom stereocenters. The number of ketones is 1. The molecule has 0 aromatic heterocycles. The summed E-state index contributed by atoms with van der Waals surface area (Å²) < 4.78 is 0. The third-order valence-corrected chi connectivity index (χ3v) is 1.87. The Morgan fingerprint density at radius 1 is 1.43 bits per heavy atom. The van der Waals surface area contributed by atoms with Crippen molar-refractivity contribution in [2.75, 3.05) is 0 Å². The standard InChI is InChI=1S/C11H9NO2/c1-3-9-4-6-10(7-5-9)11(13)8(2)12-14/h1,4-8H,2H3. The maximum absolute atomic E-state index is 11.4. The van der Waals surface area contributed by atoms with Gasteiger partial charge in [0.2, 0.25) is 0 Å². The zero-order chi connectivity index (χ0) is 10.6. The molecule has 0 aliphatic rings. The molecule has 1 atom stereocenters. The van der Waals surface area contributed by atoms with Gasteiger partial charge in [-0.05, 0) is 19.1 Å². The molecule has 0 bridgehead atoms. The van der Waals surface area contributed by atoms with E-state index in [4.69, 9.17) is 6.42 Å². The van der Waals surface area contributed by atoms with Crippen molar-refractivity contribution in [3.8, 4) is 12.3 Å².